The molecule has 0 aliphatic heterocycles. The molecular weight excluding hydrogens is 391 g/mol. The van der Waals surface area contributed by atoms with Gasteiger partial charge in [-0.05, 0) is 42.5 Å². The number of nitrogens with zero attached hydrogens (tertiary/aromatic N) is 1. The molecule has 4 rings (SSSR count). The number of rotatable bonds is 6. The largest absolute Gasteiger partial charge is 0.484 e. The van der Waals surface area contributed by atoms with Crippen LogP contribution in [0.3, 0.4) is 0 Å². The molecule has 7 heteroatoms. The Balaban J connectivity index is 1.34. The van der Waals surface area contributed by atoms with Gasteiger partial charge in [-0.15, -0.1) is 0 Å². The third kappa shape index (κ3) is 4.47. The topological polar surface area (TPSA) is 68.3 Å². The maximum Gasteiger partial charge on any atom is 0.264 e. The van der Waals surface area contributed by atoms with Crippen molar-refractivity contribution in [1.29, 1.82) is 0 Å². The van der Waals surface area contributed by atoms with Crippen LogP contribution in [0.15, 0.2) is 72.8 Å². The number of carbonyl (C=O) groups is 2. The van der Waals surface area contributed by atoms with Gasteiger partial charge in [-0.25, -0.2) is 9.37 Å². The predicted octanol–water partition coefficient (Wildman–Crippen LogP) is 4.68. The first kappa shape index (κ1) is 18.8. The van der Waals surface area contributed by atoms with Crippen LogP contribution in [-0.2, 0) is 4.79 Å². The molecule has 1 amide bonds. The molecule has 0 fully saturated rings. The van der Waals surface area contributed by atoms with Gasteiger partial charge in [0.15, 0.2) is 17.5 Å². The second-order valence-electron chi connectivity index (χ2n) is 6.19. The molecule has 29 heavy (non-hydrogen) atoms. The molecule has 1 N–H and O–H groups in total. The monoisotopic (exact) mass is 406 g/mol. The Bertz CT molecular complexity index is 1170. The molecule has 0 saturated carbocycles. The minimum Gasteiger partial charge on any atom is -0.484 e. The standard InChI is InChI=1S/C22H15FN2O3S/c23-16-8-11-18-19(12-16)29-22(24-18)25-20(26)13-28-17-9-6-15(7-10-17)21(27)14-4-2-1-3-5-14/h1-12H,13H2,(H,24,25,26). The number of aromatic nitrogens is 1. The molecule has 0 atom stereocenters. The van der Waals surface area contributed by atoms with Gasteiger partial charge in [0, 0.05) is 11.1 Å². The second-order valence-corrected chi connectivity index (χ2v) is 7.22. The molecule has 1 aromatic heterocycles. The second kappa shape index (κ2) is 8.20. The van der Waals surface area contributed by atoms with Gasteiger partial charge in [0.05, 0.1) is 10.2 Å². The molecule has 0 aliphatic rings. The summed E-state index contributed by atoms with van der Waals surface area (Å²) in [6, 6.07) is 19.8. The molecule has 0 saturated heterocycles. The molecule has 1 heterocycles. The molecular formula is C22H15FN2O3S. The van der Waals surface area contributed by atoms with Crippen LogP contribution in [0.5, 0.6) is 5.75 Å². The summed E-state index contributed by atoms with van der Waals surface area (Å²) in [5.41, 5.74) is 1.76. The van der Waals surface area contributed by atoms with E-state index < -0.39 is 0 Å². The van der Waals surface area contributed by atoms with Crippen LogP contribution in [0.2, 0.25) is 0 Å². The van der Waals surface area contributed by atoms with E-state index in [1.165, 1.54) is 23.5 Å². The zero-order valence-corrected chi connectivity index (χ0v) is 15.9. The van der Waals surface area contributed by atoms with E-state index >= 15 is 0 Å². The number of halogens is 1. The summed E-state index contributed by atoms with van der Waals surface area (Å²) in [6.07, 6.45) is 0. The van der Waals surface area contributed by atoms with Gasteiger partial charge in [0.1, 0.15) is 11.6 Å². The van der Waals surface area contributed by atoms with Gasteiger partial charge in [-0.1, -0.05) is 41.7 Å². The van der Waals surface area contributed by atoms with Crippen LogP contribution in [0.25, 0.3) is 10.2 Å². The summed E-state index contributed by atoms with van der Waals surface area (Å²) in [5, 5.41) is 3.02. The van der Waals surface area contributed by atoms with Gasteiger partial charge >= 0.3 is 0 Å². The lowest BCUT2D eigenvalue weighted by Crippen LogP contribution is -2.20. The number of fused-ring (bicyclic) bond motifs is 1. The highest BCUT2D eigenvalue weighted by Gasteiger charge is 2.11. The first-order valence-corrected chi connectivity index (χ1v) is 9.59. The zero-order valence-electron chi connectivity index (χ0n) is 15.1. The Kier molecular flexibility index (Phi) is 5.31. The number of anilines is 1. The lowest BCUT2D eigenvalue weighted by atomic mass is 10.0. The lowest BCUT2D eigenvalue weighted by Gasteiger charge is -2.07. The number of ketones is 1. The van der Waals surface area contributed by atoms with E-state index in [4.69, 9.17) is 4.74 Å². The minimum atomic E-state index is -0.381. The third-order valence-electron chi connectivity index (χ3n) is 4.12. The van der Waals surface area contributed by atoms with Crippen LogP contribution in [-0.4, -0.2) is 23.3 Å². The Hall–Kier alpha value is -3.58. The summed E-state index contributed by atoms with van der Waals surface area (Å²) in [4.78, 5) is 28.7. The molecule has 5 nitrogen and oxygen atoms in total. The maximum absolute atomic E-state index is 13.2. The number of thiazole rings is 1. The first-order valence-electron chi connectivity index (χ1n) is 8.77. The smallest absolute Gasteiger partial charge is 0.264 e. The van der Waals surface area contributed by atoms with Crippen molar-refractivity contribution in [2.45, 2.75) is 0 Å². The number of ether oxygens (including phenoxy) is 1. The number of hydrogen-bond acceptors (Lipinski definition) is 5. The van der Waals surface area contributed by atoms with Crippen LogP contribution in [0.1, 0.15) is 15.9 Å². The number of benzene rings is 3. The molecule has 3 aromatic carbocycles. The van der Waals surface area contributed by atoms with Crippen molar-refractivity contribution in [2.24, 2.45) is 0 Å². The highest BCUT2D eigenvalue weighted by atomic mass is 32.1. The zero-order chi connectivity index (χ0) is 20.2. The average Bonchev–Trinajstić information content (AvgIpc) is 3.14. The Morgan fingerprint density at radius 2 is 1.69 bits per heavy atom. The fourth-order valence-electron chi connectivity index (χ4n) is 2.71. The van der Waals surface area contributed by atoms with Crippen LogP contribution in [0.4, 0.5) is 9.52 Å². The van der Waals surface area contributed by atoms with Crippen molar-refractivity contribution in [1.82, 2.24) is 4.98 Å². The number of nitrogens with one attached hydrogen (secondary N) is 1. The van der Waals surface area contributed by atoms with Crippen molar-refractivity contribution in [3.63, 3.8) is 0 Å². The van der Waals surface area contributed by atoms with Gasteiger partial charge in [-0.2, -0.15) is 0 Å². The number of amides is 1. The SMILES string of the molecule is O=C(COc1ccc(C(=O)c2ccccc2)cc1)Nc1nc2ccc(F)cc2s1. The van der Waals surface area contributed by atoms with Crippen LogP contribution in [0, 0.1) is 5.82 Å². The van der Waals surface area contributed by atoms with Crippen molar-refractivity contribution in [3.05, 3.63) is 89.7 Å². The van der Waals surface area contributed by atoms with E-state index in [1.807, 2.05) is 18.2 Å². The lowest BCUT2D eigenvalue weighted by molar-refractivity contribution is -0.118. The fraction of sp³-hybridized carbons (Fsp3) is 0.0455. The normalized spacial score (nSPS) is 10.7. The minimum absolute atomic E-state index is 0.0813. The Labute approximate surface area is 169 Å². The highest BCUT2D eigenvalue weighted by Crippen LogP contribution is 2.26. The van der Waals surface area contributed by atoms with Crippen molar-refractivity contribution >= 4 is 38.4 Å². The van der Waals surface area contributed by atoms with Gasteiger partial charge < -0.3 is 4.74 Å². The summed E-state index contributed by atoms with van der Waals surface area (Å²) in [7, 11) is 0. The summed E-state index contributed by atoms with van der Waals surface area (Å²) >= 11 is 1.19. The predicted molar refractivity (Wildman–Crippen MR) is 110 cm³/mol. The summed E-state index contributed by atoms with van der Waals surface area (Å²) in [5.74, 6) is -0.344. The van der Waals surface area contributed by atoms with Gasteiger partial charge in [0.25, 0.3) is 5.91 Å². The molecule has 144 valence electrons. The van der Waals surface area contributed by atoms with Crippen LogP contribution >= 0.6 is 11.3 Å². The van der Waals surface area contributed by atoms with E-state index in [9.17, 15) is 14.0 Å². The molecule has 0 spiro atoms. The summed E-state index contributed by atoms with van der Waals surface area (Å²) in [6.45, 7) is -0.212. The molecule has 0 bridgehead atoms. The number of hydrogen-bond donors (Lipinski definition) is 1. The van der Waals surface area contributed by atoms with Gasteiger partial charge in [0.2, 0.25) is 0 Å². The van der Waals surface area contributed by atoms with E-state index in [1.54, 1.807) is 42.5 Å². The summed E-state index contributed by atoms with van der Waals surface area (Å²) < 4.78 is 19.4. The van der Waals surface area contributed by atoms with Crippen molar-refractivity contribution in [2.75, 3.05) is 11.9 Å². The van der Waals surface area contributed by atoms with E-state index in [0.717, 1.165) is 0 Å². The first-order chi connectivity index (χ1) is 14.1. The Morgan fingerprint density at radius 3 is 2.45 bits per heavy atom. The quantitative estimate of drug-likeness (QED) is 0.472. The van der Waals surface area contributed by atoms with Crippen LogP contribution < -0.4 is 10.1 Å². The molecule has 4 aromatic rings. The average molecular weight is 406 g/mol. The van der Waals surface area contributed by atoms with Crippen molar-refractivity contribution < 1.29 is 18.7 Å². The van der Waals surface area contributed by atoms with Crippen molar-refractivity contribution in [3.8, 4) is 5.75 Å². The van der Waals surface area contributed by atoms with Gasteiger partial charge in [-0.3, -0.25) is 14.9 Å². The molecule has 0 radical (unpaired) electrons. The molecule has 0 unspecified atom stereocenters. The molecule has 0 aliphatic carbocycles. The van der Waals surface area contributed by atoms with E-state index in [0.29, 0.717) is 32.2 Å². The van der Waals surface area contributed by atoms with E-state index in [2.05, 4.69) is 10.3 Å². The Morgan fingerprint density at radius 1 is 0.966 bits per heavy atom. The fourth-order valence-corrected chi connectivity index (χ4v) is 3.62. The third-order valence-corrected chi connectivity index (χ3v) is 5.05. The maximum atomic E-state index is 13.2. The van der Waals surface area contributed by atoms with E-state index in [-0.39, 0.29) is 24.1 Å². The number of carbonyl (C=O) groups excluding carboxylic acids is 2. The highest BCUT2D eigenvalue weighted by molar-refractivity contribution is 7.22.